The standard InChI is InChI=1S/C17H20N2O2S2/c20-16(18-13-11-19-7-5-12(13)6-8-19)17(21,14-3-1-9-22-14)15-4-2-10-23-15/h1-4,9-10,12-13,21H,5-8,11H2,(H,18,20)/t13-/m1/s1. The van der Waals surface area contributed by atoms with E-state index < -0.39 is 5.60 Å². The second kappa shape index (κ2) is 6.02. The first-order valence-corrected chi connectivity index (χ1v) is 9.77. The molecular weight excluding hydrogens is 328 g/mol. The van der Waals surface area contributed by atoms with Crippen molar-refractivity contribution in [2.24, 2.45) is 5.92 Å². The van der Waals surface area contributed by atoms with Crippen molar-refractivity contribution in [2.75, 3.05) is 19.6 Å². The SMILES string of the molecule is O=C(N[C@@H]1CN2CCC1CC2)C(O)(c1cccs1)c1cccs1. The van der Waals surface area contributed by atoms with Gasteiger partial charge in [-0.05, 0) is 54.7 Å². The number of fused-ring (bicyclic) bond motifs is 3. The molecule has 5 rings (SSSR count). The van der Waals surface area contributed by atoms with E-state index in [2.05, 4.69) is 10.2 Å². The summed E-state index contributed by atoms with van der Waals surface area (Å²) < 4.78 is 0. The van der Waals surface area contributed by atoms with Crippen LogP contribution in [0.25, 0.3) is 0 Å². The molecule has 3 fully saturated rings. The quantitative estimate of drug-likeness (QED) is 0.891. The number of carbonyl (C=O) groups excluding carboxylic acids is 1. The maximum absolute atomic E-state index is 13.0. The molecule has 0 radical (unpaired) electrons. The second-order valence-corrected chi connectivity index (χ2v) is 8.28. The Hall–Kier alpha value is -1.21. The third-order valence-corrected chi connectivity index (χ3v) is 7.01. The second-order valence-electron chi connectivity index (χ2n) is 6.38. The zero-order valence-electron chi connectivity index (χ0n) is 12.8. The minimum atomic E-state index is -1.58. The normalized spacial score (nSPS) is 27.1. The van der Waals surface area contributed by atoms with Crippen molar-refractivity contribution < 1.29 is 9.90 Å². The van der Waals surface area contributed by atoms with Crippen LogP contribution < -0.4 is 5.32 Å². The summed E-state index contributed by atoms with van der Waals surface area (Å²) in [6.07, 6.45) is 2.28. The molecule has 6 heteroatoms. The average Bonchev–Trinajstić information content (AvgIpc) is 3.29. The predicted octanol–water partition coefficient (Wildman–Crippen LogP) is 2.26. The highest BCUT2D eigenvalue weighted by molar-refractivity contribution is 7.12. The first-order chi connectivity index (χ1) is 11.2. The van der Waals surface area contributed by atoms with E-state index in [0.29, 0.717) is 15.7 Å². The van der Waals surface area contributed by atoms with E-state index in [9.17, 15) is 9.90 Å². The molecule has 23 heavy (non-hydrogen) atoms. The Morgan fingerprint density at radius 2 is 1.78 bits per heavy atom. The molecular formula is C17H20N2O2S2. The highest BCUT2D eigenvalue weighted by Gasteiger charge is 2.44. The van der Waals surface area contributed by atoms with Gasteiger partial charge in [0.2, 0.25) is 5.60 Å². The van der Waals surface area contributed by atoms with Gasteiger partial charge >= 0.3 is 0 Å². The van der Waals surface area contributed by atoms with Gasteiger partial charge in [0.05, 0.1) is 9.75 Å². The van der Waals surface area contributed by atoms with E-state index in [1.54, 1.807) is 0 Å². The van der Waals surface area contributed by atoms with E-state index in [4.69, 9.17) is 0 Å². The van der Waals surface area contributed by atoms with E-state index in [1.807, 2.05) is 35.0 Å². The molecule has 2 aromatic heterocycles. The summed E-state index contributed by atoms with van der Waals surface area (Å²) in [4.78, 5) is 16.8. The Kier molecular flexibility index (Phi) is 4.01. The van der Waals surface area contributed by atoms with Crippen LogP contribution in [0.5, 0.6) is 0 Å². The summed E-state index contributed by atoms with van der Waals surface area (Å²) >= 11 is 2.84. The third kappa shape index (κ3) is 2.63. The molecule has 4 nitrogen and oxygen atoms in total. The minimum absolute atomic E-state index is 0.149. The molecule has 0 saturated carbocycles. The lowest BCUT2D eigenvalue weighted by molar-refractivity contribution is -0.138. The van der Waals surface area contributed by atoms with E-state index in [0.717, 1.165) is 32.5 Å². The van der Waals surface area contributed by atoms with Crippen molar-refractivity contribution in [3.05, 3.63) is 44.8 Å². The van der Waals surface area contributed by atoms with Crippen molar-refractivity contribution in [3.63, 3.8) is 0 Å². The van der Waals surface area contributed by atoms with Gasteiger partial charge in [0.25, 0.3) is 5.91 Å². The zero-order valence-corrected chi connectivity index (χ0v) is 14.4. The molecule has 3 saturated heterocycles. The molecule has 1 amide bonds. The largest absolute Gasteiger partial charge is 0.371 e. The third-order valence-electron chi connectivity index (χ3n) is 5.06. The minimum Gasteiger partial charge on any atom is -0.371 e. The van der Waals surface area contributed by atoms with Crippen molar-refractivity contribution in [2.45, 2.75) is 24.5 Å². The fraction of sp³-hybridized carbons (Fsp3) is 0.471. The van der Waals surface area contributed by atoms with Crippen molar-refractivity contribution in [3.8, 4) is 0 Å². The summed E-state index contributed by atoms with van der Waals surface area (Å²) in [6, 6.07) is 7.57. The summed E-state index contributed by atoms with van der Waals surface area (Å²) in [5.74, 6) is 0.251. The molecule has 3 aliphatic heterocycles. The molecule has 2 N–H and O–H groups in total. The van der Waals surface area contributed by atoms with Crippen LogP contribution in [0.4, 0.5) is 0 Å². The lowest BCUT2D eigenvalue weighted by Gasteiger charge is -2.45. The van der Waals surface area contributed by atoms with Crippen molar-refractivity contribution >= 4 is 28.6 Å². The Bertz CT molecular complexity index is 627. The molecule has 0 aliphatic carbocycles. The summed E-state index contributed by atoms with van der Waals surface area (Å²) in [7, 11) is 0. The summed E-state index contributed by atoms with van der Waals surface area (Å²) in [5.41, 5.74) is -1.58. The predicted molar refractivity (Wildman–Crippen MR) is 92.7 cm³/mol. The lowest BCUT2D eigenvalue weighted by Crippen LogP contribution is -2.60. The molecule has 0 unspecified atom stereocenters. The monoisotopic (exact) mass is 348 g/mol. The number of aliphatic hydroxyl groups is 1. The molecule has 0 spiro atoms. The van der Waals surface area contributed by atoms with Gasteiger partial charge in [0.15, 0.2) is 0 Å². The van der Waals surface area contributed by atoms with Gasteiger partial charge in [-0.1, -0.05) is 12.1 Å². The Morgan fingerprint density at radius 3 is 2.22 bits per heavy atom. The molecule has 2 bridgehead atoms. The van der Waals surface area contributed by atoms with Crippen LogP contribution in [0.15, 0.2) is 35.0 Å². The van der Waals surface area contributed by atoms with E-state index in [1.165, 1.54) is 22.7 Å². The summed E-state index contributed by atoms with van der Waals surface area (Å²) in [5, 5.41) is 18.2. The van der Waals surface area contributed by atoms with E-state index >= 15 is 0 Å². The number of amides is 1. The number of rotatable bonds is 4. The van der Waals surface area contributed by atoms with E-state index in [-0.39, 0.29) is 11.9 Å². The Balaban J connectivity index is 1.61. The number of nitrogens with zero attached hydrogens (tertiary/aromatic N) is 1. The maximum Gasteiger partial charge on any atom is 0.263 e. The molecule has 0 aromatic carbocycles. The number of piperidine rings is 3. The van der Waals surface area contributed by atoms with Crippen LogP contribution in [0.2, 0.25) is 0 Å². The number of hydrogen-bond acceptors (Lipinski definition) is 5. The lowest BCUT2D eigenvalue weighted by atomic mass is 9.83. The first-order valence-electron chi connectivity index (χ1n) is 8.01. The Morgan fingerprint density at radius 1 is 1.17 bits per heavy atom. The zero-order chi connectivity index (χ0) is 15.9. The number of carbonyl (C=O) groups is 1. The van der Waals surface area contributed by atoms with Crippen LogP contribution in [-0.4, -0.2) is 41.6 Å². The molecule has 1 atom stereocenters. The Labute approximate surface area is 143 Å². The maximum atomic E-state index is 13.0. The van der Waals surface area contributed by atoms with Gasteiger partial charge in [-0.25, -0.2) is 0 Å². The molecule has 3 aliphatic rings. The van der Waals surface area contributed by atoms with Gasteiger partial charge < -0.3 is 15.3 Å². The number of thiophene rings is 2. The number of hydrogen-bond donors (Lipinski definition) is 2. The number of nitrogens with one attached hydrogen (secondary N) is 1. The molecule has 122 valence electrons. The fourth-order valence-electron chi connectivity index (χ4n) is 3.72. The fourth-order valence-corrected chi connectivity index (χ4v) is 5.45. The van der Waals surface area contributed by atoms with Gasteiger partial charge in [-0.3, -0.25) is 4.79 Å². The van der Waals surface area contributed by atoms with Crippen molar-refractivity contribution in [1.82, 2.24) is 10.2 Å². The van der Waals surface area contributed by atoms with Gasteiger partial charge in [0, 0.05) is 12.6 Å². The van der Waals surface area contributed by atoms with Crippen LogP contribution >= 0.6 is 22.7 Å². The average molecular weight is 348 g/mol. The van der Waals surface area contributed by atoms with Gasteiger partial charge in [-0.15, -0.1) is 22.7 Å². The first kappa shape index (κ1) is 15.3. The summed E-state index contributed by atoms with van der Waals surface area (Å²) in [6.45, 7) is 3.18. The highest BCUT2D eigenvalue weighted by Crippen LogP contribution is 2.36. The van der Waals surface area contributed by atoms with Gasteiger partial charge in [0.1, 0.15) is 0 Å². The van der Waals surface area contributed by atoms with Crippen molar-refractivity contribution in [1.29, 1.82) is 0 Å². The van der Waals surface area contributed by atoms with Crippen LogP contribution in [0.1, 0.15) is 22.6 Å². The van der Waals surface area contributed by atoms with Crippen LogP contribution in [0, 0.1) is 5.92 Å². The van der Waals surface area contributed by atoms with Crippen LogP contribution in [0.3, 0.4) is 0 Å². The van der Waals surface area contributed by atoms with Crippen LogP contribution in [-0.2, 0) is 10.4 Å². The molecule has 5 heterocycles. The topological polar surface area (TPSA) is 52.6 Å². The van der Waals surface area contributed by atoms with Gasteiger partial charge in [-0.2, -0.15) is 0 Å². The highest BCUT2D eigenvalue weighted by atomic mass is 32.1. The smallest absolute Gasteiger partial charge is 0.263 e. The molecule has 2 aromatic rings.